The lowest BCUT2D eigenvalue weighted by atomic mass is 10.1. The highest BCUT2D eigenvalue weighted by Crippen LogP contribution is 2.29. The van der Waals surface area contributed by atoms with E-state index in [4.69, 9.17) is 39.5 Å². The lowest BCUT2D eigenvalue weighted by molar-refractivity contribution is 0.482. The van der Waals surface area contributed by atoms with E-state index in [9.17, 15) is 0 Å². The molecule has 134 valence electrons. The van der Waals surface area contributed by atoms with E-state index in [1.54, 1.807) is 18.2 Å². The molecule has 0 atom stereocenters. The zero-order valence-corrected chi connectivity index (χ0v) is 16.2. The number of nitrogens with zero attached hydrogens (tertiary/aromatic N) is 3. The number of aryl methyl sites for hydroxylation is 1. The minimum absolute atomic E-state index is 0.497. The molecule has 3 rings (SSSR count). The van der Waals surface area contributed by atoms with Gasteiger partial charge in [0.25, 0.3) is 0 Å². The maximum absolute atomic E-state index is 6.14. The van der Waals surface area contributed by atoms with Gasteiger partial charge >= 0.3 is 0 Å². The molecule has 26 heavy (non-hydrogen) atoms. The molecule has 3 aromatic rings. The van der Waals surface area contributed by atoms with Crippen molar-refractivity contribution < 1.29 is 4.74 Å². The van der Waals surface area contributed by atoms with Crippen LogP contribution in [0.5, 0.6) is 11.5 Å². The van der Waals surface area contributed by atoms with Crippen LogP contribution in [0.2, 0.25) is 15.1 Å². The average molecular weight is 408 g/mol. The Bertz CT molecular complexity index is 881. The summed E-state index contributed by atoms with van der Waals surface area (Å²) in [6.07, 6.45) is 2.23. The van der Waals surface area contributed by atoms with E-state index in [0.717, 1.165) is 17.7 Å². The zero-order chi connectivity index (χ0) is 18.5. The van der Waals surface area contributed by atoms with Crippen molar-refractivity contribution in [1.29, 1.82) is 0 Å². The van der Waals surface area contributed by atoms with Gasteiger partial charge in [-0.2, -0.15) is 0 Å². The molecule has 0 amide bonds. The van der Waals surface area contributed by atoms with Crippen LogP contribution in [0.1, 0.15) is 11.3 Å². The number of aromatic nitrogens is 2. The molecule has 0 radical (unpaired) electrons. The van der Waals surface area contributed by atoms with Crippen LogP contribution in [0.25, 0.3) is 5.32 Å². The Balaban J connectivity index is 1.56. The summed E-state index contributed by atoms with van der Waals surface area (Å²) >= 11 is 18.1. The van der Waals surface area contributed by atoms with Crippen LogP contribution in [-0.2, 0) is 6.42 Å². The Morgan fingerprint density at radius 1 is 0.923 bits per heavy atom. The van der Waals surface area contributed by atoms with Crippen LogP contribution in [0.3, 0.4) is 0 Å². The van der Waals surface area contributed by atoms with E-state index in [1.165, 1.54) is 6.33 Å². The summed E-state index contributed by atoms with van der Waals surface area (Å²) < 4.78 is 5.77. The van der Waals surface area contributed by atoms with E-state index in [2.05, 4.69) is 15.3 Å². The quantitative estimate of drug-likeness (QED) is 0.452. The molecule has 2 aromatic carbocycles. The molecule has 0 bridgehead atoms. The smallest absolute Gasteiger partial charge is 0.130 e. The molecule has 0 aliphatic carbocycles. The maximum atomic E-state index is 6.14. The molecule has 0 saturated heterocycles. The molecule has 4 nitrogen and oxygen atoms in total. The topological polar surface area (TPSA) is 49.1 Å². The molecule has 0 fully saturated rings. The molecule has 0 saturated carbocycles. The van der Waals surface area contributed by atoms with Crippen molar-refractivity contribution in [2.45, 2.75) is 13.3 Å². The summed E-state index contributed by atoms with van der Waals surface area (Å²) in [5, 5.41) is 5.99. The largest absolute Gasteiger partial charge is 0.464 e. The second kappa shape index (κ2) is 8.58. The summed E-state index contributed by atoms with van der Waals surface area (Å²) in [6, 6.07) is 12.9. The second-order valence-corrected chi connectivity index (χ2v) is 6.83. The van der Waals surface area contributed by atoms with Crippen molar-refractivity contribution in [1.82, 2.24) is 9.97 Å². The lowest BCUT2D eigenvalue weighted by Crippen LogP contribution is -1.93. The average Bonchev–Trinajstić information content (AvgIpc) is 2.59. The van der Waals surface area contributed by atoms with Crippen molar-refractivity contribution in [2.75, 3.05) is 6.54 Å². The van der Waals surface area contributed by atoms with Gasteiger partial charge in [-0.05, 0) is 61.6 Å². The molecule has 0 unspecified atom stereocenters. The highest BCUT2D eigenvalue weighted by molar-refractivity contribution is 6.34. The van der Waals surface area contributed by atoms with E-state index in [0.29, 0.717) is 38.9 Å². The van der Waals surface area contributed by atoms with Crippen molar-refractivity contribution in [2.24, 2.45) is 0 Å². The fourth-order valence-electron chi connectivity index (χ4n) is 2.29. The highest BCUT2D eigenvalue weighted by atomic mass is 35.5. The first kappa shape index (κ1) is 18.8. The summed E-state index contributed by atoms with van der Waals surface area (Å²) in [5.41, 5.74) is 1.86. The molecule has 0 aliphatic rings. The van der Waals surface area contributed by atoms with Crippen molar-refractivity contribution in [3.63, 3.8) is 0 Å². The fraction of sp³-hybridized carbons (Fsp3) is 0.158. The third kappa shape index (κ3) is 5.01. The predicted octanol–water partition coefficient (Wildman–Crippen LogP) is 6.79. The molecule has 1 heterocycles. The Hall–Kier alpha value is -2.01. The van der Waals surface area contributed by atoms with E-state index < -0.39 is 0 Å². The minimum Gasteiger partial charge on any atom is -0.464 e. The Morgan fingerprint density at radius 3 is 2.31 bits per heavy atom. The van der Waals surface area contributed by atoms with Crippen LogP contribution >= 0.6 is 34.8 Å². The van der Waals surface area contributed by atoms with E-state index in [1.807, 2.05) is 31.2 Å². The van der Waals surface area contributed by atoms with Gasteiger partial charge in [-0.25, -0.2) is 0 Å². The van der Waals surface area contributed by atoms with Crippen LogP contribution in [0.15, 0.2) is 48.8 Å². The molecule has 0 aliphatic heterocycles. The van der Waals surface area contributed by atoms with Gasteiger partial charge in [0.05, 0.1) is 10.7 Å². The number of benzene rings is 2. The van der Waals surface area contributed by atoms with Crippen LogP contribution < -0.4 is 4.74 Å². The van der Waals surface area contributed by atoms with Gasteiger partial charge in [0.15, 0.2) is 0 Å². The van der Waals surface area contributed by atoms with Gasteiger partial charge in [0, 0.05) is 16.4 Å². The molecule has 0 spiro atoms. The summed E-state index contributed by atoms with van der Waals surface area (Å²) in [7, 11) is 0. The Morgan fingerprint density at radius 2 is 1.62 bits per heavy atom. The van der Waals surface area contributed by atoms with Gasteiger partial charge in [-0.1, -0.05) is 46.9 Å². The van der Waals surface area contributed by atoms with Gasteiger partial charge < -0.3 is 15.0 Å². The van der Waals surface area contributed by atoms with Gasteiger partial charge in [-0.15, -0.1) is 0 Å². The highest BCUT2D eigenvalue weighted by Gasteiger charge is 2.02. The van der Waals surface area contributed by atoms with Crippen LogP contribution in [-0.4, -0.2) is 16.5 Å². The number of halogens is 3. The number of hydrogen-bond donors (Lipinski definition) is 0. The zero-order valence-electron chi connectivity index (χ0n) is 13.9. The van der Waals surface area contributed by atoms with E-state index >= 15 is 0 Å². The SMILES string of the molecule is Cc1ncnc([N-]CCc2ccc(Oc3cc(Cl)cc(Cl)c3)cc2)c1Cl. The molecule has 1 aromatic heterocycles. The molecular weight excluding hydrogens is 393 g/mol. The Labute approximate surface area is 167 Å². The maximum Gasteiger partial charge on any atom is 0.130 e. The lowest BCUT2D eigenvalue weighted by Gasteiger charge is -2.17. The van der Waals surface area contributed by atoms with Gasteiger partial charge in [-0.3, -0.25) is 4.98 Å². The predicted molar refractivity (Wildman–Crippen MR) is 106 cm³/mol. The summed E-state index contributed by atoms with van der Waals surface area (Å²) in [6.45, 7) is 2.41. The summed E-state index contributed by atoms with van der Waals surface area (Å²) in [4.78, 5) is 8.12. The first-order valence-electron chi connectivity index (χ1n) is 7.89. The second-order valence-electron chi connectivity index (χ2n) is 5.58. The number of ether oxygens (including phenoxy) is 1. The third-order valence-electron chi connectivity index (χ3n) is 3.60. The molecule has 7 heteroatoms. The minimum atomic E-state index is 0.497. The van der Waals surface area contributed by atoms with Gasteiger partial charge in [0.2, 0.25) is 0 Å². The Kier molecular flexibility index (Phi) is 6.20. The van der Waals surface area contributed by atoms with Gasteiger partial charge in [0.1, 0.15) is 11.5 Å². The molecule has 0 N–H and O–H groups in total. The first-order chi connectivity index (χ1) is 12.5. The number of hydrogen-bond acceptors (Lipinski definition) is 3. The van der Waals surface area contributed by atoms with Crippen molar-refractivity contribution >= 4 is 40.6 Å². The fourth-order valence-corrected chi connectivity index (χ4v) is 2.96. The monoisotopic (exact) mass is 406 g/mol. The third-order valence-corrected chi connectivity index (χ3v) is 4.48. The van der Waals surface area contributed by atoms with Crippen molar-refractivity contribution in [3.8, 4) is 11.5 Å². The molecular formula is C19H15Cl3N3O-. The van der Waals surface area contributed by atoms with Crippen molar-refractivity contribution in [3.05, 3.63) is 80.4 Å². The van der Waals surface area contributed by atoms with E-state index in [-0.39, 0.29) is 0 Å². The number of rotatable bonds is 6. The summed E-state index contributed by atoms with van der Waals surface area (Å²) in [5.74, 6) is 1.83. The first-order valence-corrected chi connectivity index (χ1v) is 9.02. The van der Waals surface area contributed by atoms with Crippen LogP contribution in [0, 0.1) is 6.92 Å². The van der Waals surface area contributed by atoms with Crippen LogP contribution in [0.4, 0.5) is 5.82 Å². The normalized spacial score (nSPS) is 10.6. The standard InChI is InChI=1S/C19H15Cl3N3O/c1-12-18(22)19(25-11-24-12)23-7-6-13-2-4-16(5-3-13)26-17-9-14(20)8-15(21)10-17/h2-5,8-11H,6-7H2,1H3/q-1.